The van der Waals surface area contributed by atoms with Gasteiger partial charge in [0.2, 0.25) is 0 Å². The molecule has 0 bridgehead atoms. The van der Waals surface area contributed by atoms with Crippen molar-refractivity contribution in [1.82, 2.24) is 4.90 Å². The zero-order valence-electron chi connectivity index (χ0n) is 13.6. The lowest BCUT2D eigenvalue weighted by atomic mass is 9.97. The van der Waals surface area contributed by atoms with Gasteiger partial charge in [-0.1, -0.05) is 44.2 Å². The van der Waals surface area contributed by atoms with E-state index in [1.54, 1.807) is 4.90 Å². The van der Waals surface area contributed by atoms with Crippen molar-refractivity contribution in [1.29, 1.82) is 0 Å². The summed E-state index contributed by atoms with van der Waals surface area (Å²) >= 11 is 0. The van der Waals surface area contributed by atoms with Crippen LogP contribution in [0.1, 0.15) is 45.8 Å². The van der Waals surface area contributed by atoms with Crippen LogP contribution in [0.15, 0.2) is 41.7 Å². The average molecular weight is 287 g/mol. The van der Waals surface area contributed by atoms with E-state index in [0.717, 1.165) is 17.6 Å². The number of amides is 1. The van der Waals surface area contributed by atoms with Crippen molar-refractivity contribution in [2.75, 3.05) is 7.05 Å². The number of carbonyl (C=O) groups is 1. The second-order valence-corrected chi connectivity index (χ2v) is 6.31. The third-order valence-corrected chi connectivity index (χ3v) is 4.04. The number of rotatable bonds is 3. The summed E-state index contributed by atoms with van der Waals surface area (Å²) < 4.78 is 6.12. The van der Waals surface area contributed by atoms with Gasteiger partial charge in [0.25, 0.3) is 5.91 Å². The third kappa shape index (κ3) is 3.29. The minimum Gasteiger partial charge on any atom is -0.478 e. The maximum Gasteiger partial charge on any atom is 0.289 e. The highest BCUT2D eigenvalue weighted by atomic mass is 16.5. The van der Waals surface area contributed by atoms with Crippen LogP contribution in [0.2, 0.25) is 0 Å². The molecule has 0 saturated carbocycles. The normalized spacial score (nSPS) is 25.0. The maximum absolute atomic E-state index is 12.5. The van der Waals surface area contributed by atoms with E-state index in [1.165, 1.54) is 0 Å². The van der Waals surface area contributed by atoms with Gasteiger partial charge in [0.05, 0.1) is 6.04 Å². The first-order valence-electron chi connectivity index (χ1n) is 7.60. The lowest BCUT2D eigenvalue weighted by Gasteiger charge is -2.39. The Morgan fingerprint density at radius 3 is 2.48 bits per heavy atom. The zero-order valence-corrected chi connectivity index (χ0v) is 13.6. The van der Waals surface area contributed by atoms with Crippen molar-refractivity contribution >= 4 is 5.91 Å². The van der Waals surface area contributed by atoms with Gasteiger partial charge in [-0.3, -0.25) is 4.79 Å². The fourth-order valence-electron chi connectivity index (χ4n) is 2.80. The van der Waals surface area contributed by atoms with Crippen LogP contribution in [0, 0.1) is 5.92 Å². The monoisotopic (exact) mass is 287 g/mol. The van der Waals surface area contributed by atoms with Crippen molar-refractivity contribution in [3.05, 3.63) is 47.2 Å². The molecule has 1 saturated heterocycles. The number of ether oxygens (including phenoxy) is 1. The molecule has 1 aliphatic rings. The van der Waals surface area contributed by atoms with Crippen molar-refractivity contribution < 1.29 is 9.53 Å². The Labute approximate surface area is 127 Å². The molecule has 1 fully saturated rings. The summed E-state index contributed by atoms with van der Waals surface area (Å²) in [5.74, 6) is 1.03. The SMILES string of the molecule is C/C(CC(C)C)=C1/O[C@H](c2ccccc2)[C@H](C)N(C)C1=O. The molecule has 1 aromatic carbocycles. The number of carbonyl (C=O) groups excluding carboxylic acids is 1. The molecule has 0 radical (unpaired) electrons. The molecule has 0 unspecified atom stereocenters. The van der Waals surface area contributed by atoms with Gasteiger partial charge in [-0.15, -0.1) is 0 Å². The number of morpholine rings is 1. The van der Waals surface area contributed by atoms with Gasteiger partial charge >= 0.3 is 0 Å². The largest absolute Gasteiger partial charge is 0.478 e. The molecule has 3 heteroatoms. The lowest BCUT2D eigenvalue weighted by Crippen LogP contribution is -2.46. The van der Waals surface area contributed by atoms with E-state index in [-0.39, 0.29) is 18.1 Å². The highest BCUT2D eigenvalue weighted by Gasteiger charge is 2.37. The van der Waals surface area contributed by atoms with Gasteiger partial charge in [-0.25, -0.2) is 0 Å². The second kappa shape index (κ2) is 6.33. The van der Waals surface area contributed by atoms with Crippen LogP contribution in [0.25, 0.3) is 0 Å². The predicted octanol–water partition coefficient (Wildman–Crippen LogP) is 3.92. The van der Waals surface area contributed by atoms with Gasteiger partial charge in [0.1, 0.15) is 6.10 Å². The molecule has 2 rings (SSSR count). The van der Waals surface area contributed by atoms with Crippen LogP contribution in [0.4, 0.5) is 0 Å². The Morgan fingerprint density at radius 2 is 1.90 bits per heavy atom. The van der Waals surface area contributed by atoms with Crippen LogP contribution < -0.4 is 0 Å². The summed E-state index contributed by atoms with van der Waals surface area (Å²) in [7, 11) is 1.86. The van der Waals surface area contributed by atoms with E-state index in [1.807, 2.05) is 39.1 Å². The van der Waals surface area contributed by atoms with Gasteiger partial charge in [0, 0.05) is 7.05 Å². The molecule has 2 atom stereocenters. The molecule has 114 valence electrons. The summed E-state index contributed by atoms with van der Waals surface area (Å²) in [6.07, 6.45) is 0.774. The van der Waals surface area contributed by atoms with Crippen molar-refractivity contribution in [2.24, 2.45) is 5.92 Å². The van der Waals surface area contributed by atoms with E-state index in [2.05, 4.69) is 26.0 Å². The first-order chi connectivity index (χ1) is 9.91. The number of benzene rings is 1. The Morgan fingerprint density at radius 1 is 1.29 bits per heavy atom. The van der Waals surface area contributed by atoms with E-state index in [9.17, 15) is 4.79 Å². The molecular formula is C18H25NO2. The average Bonchev–Trinajstić information content (AvgIpc) is 2.45. The Bertz CT molecular complexity index is 533. The molecule has 0 aromatic heterocycles. The van der Waals surface area contributed by atoms with Crippen LogP contribution in [-0.2, 0) is 9.53 Å². The van der Waals surface area contributed by atoms with Gasteiger partial charge in [0.15, 0.2) is 5.76 Å². The van der Waals surface area contributed by atoms with E-state index >= 15 is 0 Å². The second-order valence-electron chi connectivity index (χ2n) is 6.31. The van der Waals surface area contributed by atoms with Crippen LogP contribution in [0.5, 0.6) is 0 Å². The van der Waals surface area contributed by atoms with Crippen molar-refractivity contribution in [3.63, 3.8) is 0 Å². The number of likely N-dealkylation sites (N-methyl/N-ethyl adjacent to an activating group) is 1. The highest BCUT2D eigenvalue weighted by molar-refractivity contribution is 5.93. The number of allylic oxidation sites excluding steroid dienone is 1. The highest BCUT2D eigenvalue weighted by Crippen LogP contribution is 2.34. The fourth-order valence-corrected chi connectivity index (χ4v) is 2.80. The predicted molar refractivity (Wildman–Crippen MR) is 84.7 cm³/mol. The van der Waals surface area contributed by atoms with Gasteiger partial charge in [-0.2, -0.15) is 0 Å². The smallest absolute Gasteiger partial charge is 0.289 e. The molecule has 3 nitrogen and oxygen atoms in total. The van der Waals surface area contributed by atoms with E-state index < -0.39 is 0 Å². The van der Waals surface area contributed by atoms with Crippen molar-refractivity contribution in [2.45, 2.75) is 46.3 Å². The van der Waals surface area contributed by atoms with Crippen molar-refractivity contribution in [3.8, 4) is 0 Å². The topological polar surface area (TPSA) is 29.5 Å². The van der Waals surface area contributed by atoms with Gasteiger partial charge < -0.3 is 9.64 Å². The standard InChI is InChI=1S/C18H25NO2/c1-12(2)11-13(3)16-18(20)19(5)14(4)17(21-16)15-9-7-6-8-10-15/h6-10,12,14,17H,11H2,1-5H3/b16-13-/t14-,17-/m0/s1. The summed E-state index contributed by atoms with van der Waals surface area (Å²) in [4.78, 5) is 14.3. The van der Waals surface area contributed by atoms with Crippen LogP contribution >= 0.6 is 0 Å². The molecular weight excluding hydrogens is 262 g/mol. The molecule has 0 spiro atoms. The van der Waals surface area contributed by atoms with Crippen LogP contribution in [0.3, 0.4) is 0 Å². The quantitative estimate of drug-likeness (QED) is 0.788. The first kappa shape index (κ1) is 15.6. The molecule has 1 amide bonds. The Kier molecular flexibility index (Phi) is 4.71. The fraction of sp³-hybridized carbons (Fsp3) is 0.500. The third-order valence-electron chi connectivity index (χ3n) is 4.04. The molecule has 1 aliphatic heterocycles. The number of hydrogen-bond acceptors (Lipinski definition) is 2. The Balaban J connectivity index is 2.35. The minimum atomic E-state index is -0.106. The molecule has 0 aliphatic carbocycles. The number of nitrogens with zero attached hydrogens (tertiary/aromatic N) is 1. The maximum atomic E-state index is 12.5. The lowest BCUT2D eigenvalue weighted by molar-refractivity contribution is -0.143. The summed E-state index contributed by atoms with van der Waals surface area (Å²) in [5.41, 5.74) is 2.15. The molecule has 0 N–H and O–H groups in total. The summed E-state index contributed by atoms with van der Waals surface area (Å²) in [5, 5.41) is 0. The zero-order chi connectivity index (χ0) is 15.6. The summed E-state index contributed by atoms with van der Waals surface area (Å²) in [6, 6.07) is 10.1. The van der Waals surface area contributed by atoms with E-state index in [0.29, 0.717) is 11.7 Å². The summed E-state index contributed by atoms with van der Waals surface area (Å²) in [6.45, 7) is 8.33. The Hall–Kier alpha value is -1.77. The van der Waals surface area contributed by atoms with Crippen LogP contribution in [-0.4, -0.2) is 23.9 Å². The van der Waals surface area contributed by atoms with E-state index in [4.69, 9.17) is 4.74 Å². The number of hydrogen-bond donors (Lipinski definition) is 0. The van der Waals surface area contributed by atoms with Gasteiger partial charge in [-0.05, 0) is 37.3 Å². The molecule has 1 heterocycles. The minimum absolute atomic E-state index is 0.00664. The molecule has 1 aromatic rings. The molecule has 21 heavy (non-hydrogen) atoms. The first-order valence-corrected chi connectivity index (χ1v) is 7.60.